The van der Waals surface area contributed by atoms with Crippen molar-refractivity contribution >= 4 is 15.9 Å². The zero-order chi connectivity index (χ0) is 19.4. The molecule has 1 N–H and O–H groups in total. The lowest BCUT2D eigenvalue weighted by Gasteiger charge is -2.29. The van der Waals surface area contributed by atoms with Crippen LogP contribution in [0.2, 0.25) is 0 Å². The lowest BCUT2D eigenvalue weighted by molar-refractivity contribution is -0.132. The molecule has 0 spiro atoms. The summed E-state index contributed by atoms with van der Waals surface area (Å²) >= 11 is 0. The second kappa shape index (κ2) is 8.23. The van der Waals surface area contributed by atoms with Crippen LogP contribution in [0, 0.1) is 0 Å². The topological polar surface area (TPSA) is 66.5 Å². The van der Waals surface area contributed by atoms with Crippen LogP contribution in [-0.4, -0.2) is 32.8 Å². The molecule has 1 heterocycles. The van der Waals surface area contributed by atoms with Crippen molar-refractivity contribution in [2.45, 2.75) is 44.0 Å². The number of hydrogen-bond donors (Lipinski definition) is 1. The Morgan fingerprint density at radius 1 is 1.07 bits per heavy atom. The van der Waals surface area contributed by atoms with E-state index < -0.39 is 10.0 Å². The molecule has 144 valence electrons. The predicted octanol–water partition coefficient (Wildman–Crippen LogP) is 2.67. The van der Waals surface area contributed by atoms with Crippen LogP contribution < -0.4 is 4.72 Å². The molecular weight excluding hydrogens is 360 g/mol. The average Bonchev–Trinajstić information content (AvgIpc) is 2.71. The van der Waals surface area contributed by atoms with Crippen LogP contribution >= 0.6 is 0 Å². The Balaban J connectivity index is 1.65. The number of benzene rings is 2. The van der Waals surface area contributed by atoms with Gasteiger partial charge in [-0.2, -0.15) is 0 Å². The Hall–Kier alpha value is -2.18. The first-order chi connectivity index (χ1) is 12.9. The van der Waals surface area contributed by atoms with Crippen LogP contribution in [0.15, 0.2) is 47.4 Å². The molecular formula is C21H26N2O3S. The van der Waals surface area contributed by atoms with Gasteiger partial charge in [-0.3, -0.25) is 4.79 Å². The highest BCUT2D eigenvalue weighted by atomic mass is 32.2. The molecule has 0 aromatic heterocycles. The molecule has 0 bridgehead atoms. The highest BCUT2D eigenvalue weighted by Crippen LogP contribution is 2.23. The molecule has 6 heteroatoms. The number of aryl methyl sites for hydroxylation is 2. The van der Waals surface area contributed by atoms with E-state index in [1.54, 1.807) is 12.1 Å². The monoisotopic (exact) mass is 386 g/mol. The molecule has 0 saturated heterocycles. The third-order valence-corrected chi connectivity index (χ3v) is 6.59. The van der Waals surface area contributed by atoms with Crippen LogP contribution in [0.25, 0.3) is 0 Å². The number of rotatable bonds is 6. The van der Waals surface area contributed by atoms with E-state index in [0.29, 0.717) is 19.5 Å². The van der Waals surface area contributed by atoms with Crippen molar-refractivity contribution in [2.75, 3.05) is 13.6 Å². The van der Waals surface area contributed by atoms with Gasteiger partial charge < -0.3 is 4.90 Å². The minimum atomic E-state index is -3.47. The van der Waals surface area contributed by atoms with E-state index in [-0.39, 0.29) is 10.8 Å². The first-order valence-corrected chi connectivity index (χ1v) is 10.8. The fourth-order valence-corrected chi connectivity index (χ4v) is 4.16. The molecule has 0 aliphatic carbocycles. The normalized spacial score (nSPS) is 14.1. The van der Waals surface area contributed by atoms with Crippen LogP contribution in [0.4, 0.5) is 0 Å². The van der Waals surface area contributed by atoms with Gasteiger partial charge in [-0.1, -0.05) is 37.3 Å². The number of fused-ring (bicyclic) bond motifs is 1. The highest BCUT2D eigenvalue weighted by Gasteiger charge is 2.22. The number of nitrogens with one attached hydrogen (secondary N) is 1. The van der Waals surface area contributed by atoms with E-state index in [1.807, 2.05) is 11.0 Å². The Kier molecular flexibility index (Phi) is 5.97. The summed E-state index contributed by atoms with van der Waals surface area (Å²) in [4.78, 5) is 14.7. The van der Waals surface area contributed by atoms with E-state index in [4.69, 9.17) is 0 Å². The highest BCUT2D eigenvalue weighted by molar-refractivity contribution is 7.89. The van der Waals surface area contributed by atoms with Crippen molar-refractivity contribution in [3.05, 3.63) is 64.7 Å². The van der Waals surface area contributed by atoms with Gasteiger partial charge in [0.05, 0.1) is 4.90 Å². The number of nitrogens with zero attached hydrogens (tertiary/aromatic N) is 1. The molecule has 0 radical (unpaired) electrons. The minimum Gasteiger partial charge on any atom is -0.338 e. The maximum Gasteiger partial charge on any atom is 0.240 e. The van der Waals surface area contributed by atoms with E-state index >= 15 is 0 Å². The van der Waals surface area contributed by atoms with Crippen LogP contribution in [-0.2, 0) is 40.6 Å². The van der Waals surface area contributed by atoms with Gasteiger partial charge in [0.15, 0.2) is 0 Å². The summed E-state index contributed by atoms with van der Waals surface area (Å²) in [6.07, 6.45) is 2.96. The minimum absolute atomic E-state index is 0.113. The summed E-state index contributed by atoms with van der Waals surface area (Å²) in [6.45, 7) is 3.27. The van der Waals surface area contributed by atoms with Crippen molar-refractivity contribution in [1.82, 2.24) is 9.62 Å². The molecule has 27 heavy (non-hydrogen) atoms. The molecule has 1 amide bonds. The zero-order valence-electron chi connectivity index (χ0n) is 15.9. The number of carbonyl (C=O) groups excluding carboxylic acids is 1. The molecule has 2 aromatic carbocycles. The Bertz CT molecular complexity index is 921. The molecule has 1 aliphatic rings. The number of sulfonamides is 1. The fraction of sp³-hybridized carbons (Fsp3) is 0.381. The van der Waals surface area contributed by atoms with Gasteiger partial charge in [-0.05, 0) is 60.7 Å². The third kappa shape index (κ3) is 4.57. The summed E-state index contributed by atoms with van der Waals surface area (Å²) in [5.74, 6) is 0.113. The predicted molar refractivity (Wildman–Crippen MR) is 106 cm³/mol. The van der Waals surface area contributed by atoms with Gasteiger partial charge in [-0.15, -0.1) is 0 Å². The second-order valence-electron chi connectivity index (χ2n) is 6.87. The summed E-state index contributed by atoms with van der Waals surface area (Å²) in [6, 6.07) is 13.6. The average molecular weight is 387 g/mol. The largest absolute Gasteiger partial charge is 0.338 e. The van der Waals surface area contributed by atoms with Gasteiger partial charge in [0.2, 0.25) is 15.9 Å². The third-order valence-electron chi connectivity index (χ3n) is 5.18. The maximum atomic E-state index is 12.6. The van der Waals surface area contributed by atoms with Gasteiger partial charge in [-0.25, -0.2) is 13.1 Å². The number of carbonyl (C=O) groups is 1. The zero-order valence-corrected chi connectivity index (χ0v) is 16.7. The van der Waals surface area contributed by atoms with Gasteiger partial charge >= 0.3 is 0 Å². The SMILES string of the molecule is CCc1ccc(CCC(=O)N2CCc3ccc(S(=O)(=O)NC)cc3C2)cc1. The smallest absolute Gasteiger partial charge is 0.240 e. The quantitative estimate of drug-likeness (QED) is 0.830. The molecule has 2 aromatic rings. The van der Waals surface area contributed by atoms with Crippen molar-refractivity contribution in [2.24, 2.45) is 0 Å². The summed E-state index contributed by atoms with van der Waals surface area (Å²) in [5.41, 5.74) is 4.49. The van der Waals surface area contributed by atoms with E-state index in [9.17, 15) is 13.2 Å². The molecule has 0 fully saturated rings. The van der Waals surface area contributed by atoms with Crippen molar-refractivity contribution in [3.63, 3.8) is 0 Å². The number of amides is 1. The van der Waals surface area contributed by atoms with Gasteiger partial charge in [0, 0.05) is 19.5 Å². The summed E-state index contributed by atoms with van der Waals surface area (Å²) in [7, 11) is -2.07. The van der Waals surface area contributed by atoms with Crippen molar-refractivity contribution in [3.8, 4) is 0 Å². The van der Waals surface area contributed by atoms with E-state index in [0.717, 1.165) is 30.4 Å². The van der Waals surface area contributed by atoms with Gasteiger partial charge in [0.1, 0.15) is 0 Å². The first-order valence-electron chi connectivity index (χ1n) is 9.34. The molecule has 3 rings (SSSR count). The van der Waals surface area contributed by atoms with Crippen molar-refractivity contribution < 1.29 is 13.2 Å². The Labute approximate surface area is 161 Å². The summed E-state index contributed by atoms with van der Waals surface area (Å²) in [5, 5.41) is 0. The lowest BCUT2D eigenvalue weighted by atomic mass is 9.99. The molecule has 1 aliphatic heterocycles. The van der Waals surface area contributed by atoms with E-state index in [2.05, 4.69) is 35.9 Å². The number of hydrogen-bond acceptors (Lipinski definition) is 3. The first kappa shape index (κ1) is 19.6. The fourth-order valence-electron chi connectivity index (χ4n) is 3.38. The Morgan fingerprint density at radius 2 is 1.78 bits per heavy atom. The Morgan fingerprint density at radius 3 is 2.44 bits per heavy atom. The van der Waals surface area contributed by atoms with Crippen LogP contribution in [0.5, 0.6) is 0 Å². The second-order valence-corrected chi connectivity index (χ2v) is 8.76. The molecule has 0 saturated carbocycles. The maximum absolute atomic E-state index is 12.6. The summed E-state index contributed by atoms with van der Waals surface area (Å²) < 4.78 is 26.4. The van der Waals surface area contributed by atoms with Gasteiger partial charge in [0.25, 0.3) is 0 Å². The standard InChI is InChI=1S/C21H26N2O3S/c1-3-16-4-6-17(7-5-16)8-11-21(24)23-13-12-18-9-10-20(14-19(18)15-23)27(25,26)22-2/h4-7,9-10,14,22H,3,8,11-13,15H2,1-2H3. The van der Waals surface area contributed by atoms with Crippen LogP contribution in [0.1, 0.15) is 35.6 Å². The van der Waals surface area contributed by atoms with Crippen LogP contribution in [0.3, 0.4) is 0 Å². The lowest BCUT2D eigenvalue weighted by Crippen LogP contribution is -2.36. The van der Waals surface area contributed by atoms with E-state index in [1.165, 1.54) is 18.2 Å². The molecule has 0 atom stereocenters. The molecule has 5 nitrogen and oxygen atoms in total. The van der Waals surface area contributed by atoms with Crippen molar-refractivity contribution in [1.29, 1.82) is 0 Å². The molecule has 0 unspecified atom stereocenters.